The molecular formula is C14H29N3. The van der Waals surface area contributed by atoms with Gasteiger partial charge in [0.25, 0.3) is 0 Å². The molecule has 1 N–H and O–H groups in total. The Kier molecular flexibility index (Phi) is 5.26. The van der Waals surface area contributed by atoms with Gasteiger partial charge in [-0.25, -0.2) is 0 Å². The van der Waals surface area contributed by atoms with Crippen LogP contribution in [0.5, 0.6) is 0 Å². The summed E-state index contributed by atoms with van der Waals surface area (Å²) in [6.45, 7) is 9.81. The molecule has 1 aliphatic heterocycles. The lowest BCUT2D eigenvalue weighted by Gasteiger charge is -2.32. The molecule has 17 heavy (non-hydrogen) atoms. The Morgan fingerprint density at radius 1 is 1.18 bits per heavy atom. The van der Waals surface area contributed by atoms with Gasteiger partial charge in [0, 0.05) is 32.2 Å². The molecule has 1 saturated carbocycles. The summed E-state index contributed by atoms with van der Waals surface area (Å²) in [5.74, 6) is 1.05. The van der Waals surface area contributed by atoms with Gasteiger partial charge in [-0.3, -0.25) is 0 Å². The van der Waals surface area contributed by atoms with Gasteiger partial charge in [-0.1, -0.05) is 12.8 Å². The average Bonchev–Trinajstić information content (AvgIpc) is 3.11. The van der Waals surface area contributed by atoms with Crippen molar-refractivity contribution in [3.63, 3.8) is 0 Å². The fourth-order valence-electron chi connectivity index (χ4n) is 2.66. The average molecular weight is 239 g/mol. The molecule has 0 amide bonds. The molecule has 1 saturated heterocycles. The molecule has 0 bridgehead atoms. The Balaban J connectivity index is 1.45. The van der Waals surface area contributed by atoms with Crippen LogP contribution in [0.4, 0.5) is 0 Å². The topological polar surface area (TPSA) is 18.5 Å². The summed E-state index contributed by atoms with van der Waals surface area (Å²) < 4.78 is 0. The smallest absolute Gasteiger partial charge is 0.0110 e. The third-order valence-corrected chi connectivity index (χ3v) is 4.12. The lowest BCUT2D eigenvalue weighted by atomic mass is 10.1. The van der Waals surface area contributed by atoms with Gasteiger partial charge in [0.2, 0.25) is 0 Å². The summed E-state index contributed by atoms with van der Waals surface area (Å²) in [5, 5.41) is 3.67. The van der Waals surface area contributed by atoms with Crippen molar-refractivity contribution in [2.75, 3.05) is 46.3 Å². The fraction of sp³-hybridized carbons (Fsp3) is 1.00. The van der Waals surface area contributed by atoms with E-state index in [0.717, 1.165) is 12.0 Å². The molecule has 100 valence electrons. The maximum absolute atomic E-state index is 3.67. The van der Waals surface area contributed by atoms with E-state index in [-0.39, 0.29) is 0 Å². The minimum absolute atomic E-state index is 0.731. The Hall–Kier alpha value is -0.120. The minimum Gasteiger partial charge on any atom is -0.314 e. The fourth-order valence-corrected chi connectivity index (χ4v) is 2.66. The summed E-state index contributed by atoms with van der Waals surface area (Å²) >= 11 is 0. The Morgan fingerprint density at radius 3 is 2.53 bits per heavy atom. The van der Waals surface area contributed by atoms with Crippen LogP contribution in [0.15, 0.2) is 0 Å². The number of hydrogen-bond acceptors (Lipinski definition) is 3. The summed E-state index contributed by atoms with van der Waals surface area (Å²) in [6, 6.07) is 0.731. The van der Waals surface area contributed by atoms with Crippen molar-refractivity contribution < 1.29 is 0 Å². The number of likely N-dealkylation sites (N-methyl/N-ethyl adjacent to an activating group) is 1. The van der Waals surface area contributed by atoms with Crippen molar-refractivity contribution in [1.29, 1.82) is 0 Å². The number of nitrogens with one attached hydrogen (secondary N) is 1. The predicted octanol–water partition coefficient (Wildman–Crippen LogP) is 1.40. The third kappa shape index (κ3) is 5.36. The molecule has 0 aromatic carbocycles. The van der Waals surface area contributed by atoms with Gasteiger partial charge in [0.05, 0.1) is 0 Å². The van der Waals surface area contributed by atoms with Gasteiger partial charge in [-0.05, 0) is 45.8 Å². The lowest BCUT2D eigenvalue weighted by Crippen LogP contribution is -2.45. The summed E-state index contributed by atoms with van der Waals surface area (Å²) in [4.78, 5) is 5.03. The van der Waals surface area contributed by atoms with Gasteiger partial charge in [0.15, 0.2) is 0 Å². The van der Waals surface area contributed by atoms with E-state index >= 15 is 0 Å². The maximum atomic E-state index is 3.67. The predicted molar refractivity (Wildman–Crippen MR) is 73.4 cm³/mol. The highest BCUT2D eigenvalue weighted by Crippen LogP contribution is 2.33. The minimum atomic E-state index is 0.731. The van der Waals surface area contributed by atoms with E-state index in [1.165, 1.54) is 65.0 Å². The van der Waals surface area contributed by atoms with Crippen LogP contribution in [0.3, 0.4) is 0 Å². The van der Waals surface area contributed by atoms with E-state index in [1.54, 1.807) is 0 Å². The zero-order valence-electron chi connectivity index (χ0n) is 11.6. The first-order valence-electron chi connectivity index (χ1n) is 7.38. The quantitative estimate of drug-likeness (QED) is 0.678. The lowest BCUT2D eigenvalue weighted by molar-refractivity contribution is 0.152. The van der Waals surface area contributed by atoms with Gasteiger partial charge in [0.1, 0.15) is 0 Å². The molecule has 3 nitrogen and oxygen atoms in total. The second-order valence-corrected chi connectivity index (χ2v) is 6.03. The van der Waals surface area contributed by atoms with E-state index < -0.39 is 0 Å². The Labute approximate surface area is 107 Å². The molecule has 1 atom stereocenters. The van der Waals surface area contributed by atoms with E-state index in [9.17, 15) is 0 Å². The largest absolute Gasteiger partial charge is 0.314 e. The molecule has 3 heteroatoms. The second kappa shape index (κ2) is 6.72. The number of piperazine rings is 1. The van der Waals surface area contributed by atoms with Crippen molar-refractivity contribution in [2.24, 2.45) is 5.92 Å². The van der Waals surface area contributed by atoms with Crippen LogP contribution in [-0.4, -0.2) is 62.2 Å². The van der Waals surface area contributed by atoms with E-state index in [1.807, 2.05) is 0 Å². The Morgan fingerprint density at radius 2 is 1.88 bits per heavy atom. The van der Waals surface area contributed by atoms with Crippen LogP contribution in [-0.2, 0) is 0 Å². The van der Waals surface area contributed by atoms with Gasteiger partial charge in [-0.2, -0.15) is 0 Å². The van der Waals surface area contributed by atoms with E-state index in [2.05, 4.69) is 29.1 Å². The zero-order chi connectivity index (χ0) is 12.1. The van der Waals surface area contributed by atoms with Crippen LogP contribution in [0.25, 0.3) is 0 Å². The molecule has 0 radical (unpaired) electrons. The molecule has 0 aromatic rings. The van der Waals surface area contributed by atoms with Gasteiger partial charge >= 0.3 is 0 Å². The number of hydrogen-bond donors (Lipinski definition) is 1. The van der Waals surface area contributed by atoms with Gasteiger partial charge < -0.3 is 15.1 Å². The van der Waals surface area contributed by atoms with Gasteiger partial charge in [-0.15, -0.1) is 0 Å². The first-order chi connectivity index (χ1) is 8.24. The van der Waals surface area contributed by atoms with Crippen molar-refractivity contribution in [2.45, 2.75) is 38.6 Å². The molecular weight excluding hydrogens is 210 g/mol. The normalized spacial score (nSPS) is 25.1. The Bertz CT molecular complexity index is 208. The van der Waals surface area contributed by atoms with Crippen LogP contribution in [0.2, 0.25) is 0 Å². The van der Waals surface area contributed by atoms with Crippen molar-refractivity contribution >= 4 is 0 Å². The van der Waals surface area contributed by atoms with E-state index in [4.69, 9.17) is 0 Å². The molecule has 2 rings (SSSR count). The van der Waals surface area contributed by atoms with Crippen LogP contribution in [0, 0.1) is 5.92 Å². The molecule has 1 aliphatic carbocycles. The zero-order valence-corrected chi connectivity index (χ0v) is 11.6. The standard InChI is InChI=1S/C14H29N3/c1-13(12-14-4-5-14)15-6-3-7-17-10-8-16(2)9-11-17/h13-15H,3-12H2,1-2H3. The molecule has 2 aliphatic rings. The molecule has 0 spiro atoms. The molecule has 1 unspecified atom stereocenters. The van der Waals surface area contributed by atoms with Crippen LogP contribution in [0.1, 0.15) is 32.6 Å². The second-order valence-electron chi connectivity index (χ2n) is 6.03. The monoisotopic (exact) mass is 239 g/mol. The maximum Gasteiger partial charge on any atom is 0.0110 e. The van der Waals surface area contributed by atoms with E-state index in [0.29, 0.717) is 0 Å². The first kappa shape index (κ1) is 13.3. The highest BCUT2D eigenvalue weighted by molar-refractivity contribution is 4.78. The molecule has 1 heterocycles. The summed E-state index contributed by atoms with van der Waals surface area (Å²) in [5.41, 5.74) is 0. The van der Waals surface area contributed by atoms with Crippen molar-refractivity contribution in [3.8, 4) is 0 Å². The number of nitrogens with zero attached hydrogens (tertiary/aromatic N) is 2. The first-order valence-corrected chi connectivity index (χ1v) is 7.38. The van der Waals surface area contributed by atoms with Crippen LogP contribution >= 0.6 is 0 Å². The highest BCUT2D eigenvalue weighted by atomic mass is 15.2. The highest BCUT2D eigenvalue weighted by Gasteiger charge is 2.23. The van der Waals surface area contributed by atoms with Crippen molar-refractivity contribution in [1.82, 2.24) is 15.1 Å². The number of rotatable bonds is 7. The SMILES string of the molecule is CC(CC1CC1)NCCCN1CCN(C)CC1. The summed E-state index contributed by atoms with van der Waals surface area (Å²) in [7, 11) is 2.22. The van der Waals surface area contributed by atoms with Crippen LogP contribution < -0.4 is 5.32 Å². The third-order valence-electron chi connectivity index (χ3n) is 4.12. The van der Waals surface area contributed by atoms with Crippen molar-refractivity contribution in [3.05, 3.63) is 0 Å². The molecule has 0 aromatic heterocycles. The summed E-state index contributed by atoms with van der Waals surface area (Å²) in [6.07, 6.45) is 5.66. The molecule has 2 fully saturated rings.